The van der Waals surface area contributed by atoms with Gasteiger partial charge in [-0.3, -0.25) is 4.79 Å². The minimum atomic E-state index is -4.10. The Hall–Kier alpha value is -1.58. The van der Waals surface area contributed by atoms with Crippen LogP contribution < -0.4 is 10.5 Å². The molecule has 0 aromatic heterocycles. The Labute approximate surface area is 152 Å². The van der Waals surface area contributed by atoms with Crippen molar-refractivity contribution in [2.24, 2.45) is 11.1 Å². The molecule has 9 heteroatoms. The van der Waals surface area contributed by atoms with E-state index in [1.807, 2.05) is 20.8 Å². The van der Waals surface area contributed by atoms with Crippen molar-refractivity contribution in [3.05, 3.63) is 29.8 Å². The first-order valence-electron chi connectivity index (χ1n) is 8.43. The van der Waals surface area contributed by atoms with Crippen LogP contribution in [0.2, 0.25) is 0 Å². The van der Waals surface area contributed by atoms with Crippen molar-refractivity contribution in [1.29, 1.82) is 0 Å². The SMILES string of the molecule is CC(C)(C)[C@H](N)C(=O)N1CCC(NS(=O)(=O)c2ccc(F)cc2F)CC1. The van der Waals surface area contributed by atoms with Gasteiger partial charge in [-0.05, 0) is 30.4 Å². The number of hydrogen-bond acceptors (Lipinski definition) is 4. The molecule has 146 valence electrons. The summed E-state index contributed by atoms with van der Waals surface area (Å²) in [7, 11) is -4.10. The number of carbonyl (C=O) groups is 1. The Bertz CT molecular complexity index is 770. The summed E-state index contributed by atoms with van der Waals surface area (Å²) in [5.41, 5.74) is 5.63. The standard InChI is InChI=1S/C17H25F2N3O3S/c1-17(2,3)15(20)16(23)22-8-6-12(7-9-22)21-26(24,25)14-5-4-11(18)10-13(14)19/h4-5,10,12,15,21H,6-9,20H2,1-3H3/t15-/m1/s1. The zero-order valence-electron chi connectivity index (χ0n) is 15.1. The Balaban J connectivity index is 1.99. The van der Waals surface area contributed by atoms with Gasteiger partial charge in [0, 0.05) is 25.2 Å². The molecule has 1 heterocycles. The smallest absolute Gasteiger partial charge is 0.243 e. The molecular formula is C17H25F2N3O3S. The summed E-state index contributed by atoms with van der Waals surface area (Å²) in [5.74, 6) is -2.15. The lowest BCUT2D eigenvalue weighted by atomic mass is 9.86. The number of nitrogens with one attached hydrogen (secondary N) is 1. The van der Waals surface area contributed by atoms with Crippen LogP contribution in [0.1, 0.15) is 33.6 Å². The molecule has 0 spiro atoms. The largest absolute Gasteiger partial charge is 0.341 e. The molecule has 1 amide bonds. The van der Waals surface area contributed by atoms with Crippen LogP contribution in [0, 0.1) is 17.0 Å². The lowest BCUT2D eigenvalue weighted by molar-refractivity contribution is -0.136. The number of piperidine rings is 1. The van der Waals surface area contributed by atoms with Crippen molar-refractivity contribution >= 4 is 15.9 Å². The predicted octanol–water partition coefficient (Wildman–Crippen LogP) is 1.61. The summed E-state index contributed by atoms with van der Waals surface area (Å²) in [4.78, 5) is 13.4. The minimum absolute atomic E-state index is 0.164. The first kappa shape index (κ1) is 20.7. The average Bonchev–Trinajstić information content (AvgIpc) is 2.52. The maximum Gasteiger partial charge on any atom is 0.243 e. The third-order valence-electron chi connectivity index (χ3n) is 4.51. The number of benzene rings is 1. The number of nitrogens with zero attached hydrogens (tertiary/aromatic N) is 1. The van der Waals surface area contributed by atoms with Crippen molar-refractivity contribution < 1.29 is 22.0 Å². The molecule has 0 unspecified atom stereocenters. The highest BCUT2D eigenvalue weighted by Gasteiger charge is 2.34. The van der Waals surface area contributed by atoms with Gasteiger partial charge >= 0.3 is 0 Å². The van der Waals surface area contributed by atoms with Crippen LogP contribution in [0.3, 0.4) is 0 Å². The number of amides is 1. The lowest BCUT2D eigenvalue weighted by Gasteiger charge is -2.36. The van der Waals surface area contributed by atoms with E-state index in [2.05, 4.69) is 4.72 Å². The summed E-state index contributed by atoms with van der Waals surface area (Å²) in [5, 5.41) is 0. The van der Waals surface area contributed by atoms with Crippen molar-refractivity contribution in [2.45, 2.75) is 50.6 Å². The van der Waals surface area contributed by atoms with Gasteiger partial charge < -0.3 is 10.6 Å². The molecule has 1 fully saturated rings. The van der Waals surface area contributed by atoms with E-state index in [0.717, 1.165) is 12.1 Å². The predicted molar refractivity (Wildman–Crippen MR) is 93.7 cm³/mol. The second-order valence-corrected chi connectivity index (χ2v) is 9.32. The van der Waals surface area contributed by atoms with Crippen LogP contribution in [-0.2, 0) is 14.8 Å². The molecule has 6 nitrogen and oxygen atoms in total. The molecular weight excluding hydrogens is 364 g/mol. The highest BCUT2D eigenvalue weighted by atomic mass is 32.2. The number of sulfonamides is 1. The highest BCUT2D eigenvalue weighted by molar-refractivity contribution is 7.89. The molecule has 1 aromatic rings. The molecule has 1 aliphatic heterocycles. The zero-order valence-corrected chi connectivity index (χ0v) is 15.9. The van der Waals surface area contributed by atoms with Gasteiger partial charge in [0.15, 0.2) is 0 Å². The van der Waals surface area contributed by atoms with E-state index >= 15 is 0 Å². The Kier molecular flexibility index (Phi) is 6.04. The van der Waals surface area contributed by atoms with Crippen LogP contribution in [0.25, 0.3) is 0 Å². The number of rotatable bonds is 4. The van der Waals surface area contributed by atoms with Crippen molar-refractivity contribution in [2.75, 3.05) is 13.1 Å². The van der Waals surface area contributed by atoms with E-state index < -0.39 is 38.6 Å². The van der Waals surface area contributed by atoms with E-state index in [0.29, 0.717) is 32.0 Å². The molecule has 1 saturated heterocycles. The van der Waals surface area contributed by atoms with Crippen LogP contribution in [0.15, 0.2) is 23.1 Å². The fraction of sp³-hybridized carbons (Fsp3) is 0.588. The fourth-order valence-electron chi connectivity index (χ4n) is 2.76. The van der Waals surface area contributed by atoms with Crippen LogP contribution >= 0.6 is 0 Å². The number of nitrogens with two attached hydrogens (primary N) is 1. The number of likely N-dealkylation sites (tertiary alicyclic amines) is 1. The van der Waals surface area contributed by atoms with Crippen LogP contribution in [0.4, 0.5) is 8.78 Å². The molecule has 26 heavy (non-hydrogen) atoms. The highest BCUT2D eigenvalue weighted by Crippen LogP contribution is 2.22. The van der Waals surface area contributed by atoms with Gasteiger partial charge in [0.05, 0.1) is 6.04 Å². The molecule has 0 saturated carbocycles. The summed E-state index contributed by atoms with van der Waals surface area (Å²) in [6.07, 6.45) is 0.787. The average molecular weight is 389 g/mol. The topological polar surface area (TPSA) is 92.5 Å². The third kappa shape index (κ3) is 4.77. The summed E-state index contributed by atoms with van der Waals surface area (Å²) >= 11 is 0. The van der Waals surface area contributed by atoms with Crippen LogP contribution in [0.5, 0.6) is 0 Å². The molecule has 2 rings (SSSR count). The first-order chi connectivity index (χ1) is 11.9. The Morgan fingerprint density at radius 3 is 2.35 bits per heavy atom. The van der Waals surface area contributed by atoms with Crippen molar-refractivity contribution in [3.8, 4) is 0 Å². The molecule has 1 atom stereocenters. The minimum Gasteiger partial charge on any atom is -0.341 e. The number of carbonyl (C=O) groups excluding carboxylic acids is 1. The quantitative estimate of drug-likeness (QED) is 0.818. The van der Waals surface area contributed by atoms with Gasteiger partial charge in [0.2, 0.25) is 15.9 Å². The van der Waals surface area contributed by atoms with Crippen molar-refractivity contribution in [1.82, 2.24) is 9.62 Å². The summed E-state index contributed by atoms with van der Waals surface area (Å²) in [6.45, 7) is 6.37. The molecule has 1 aliphatic rings. The van der Waals surface area contributed by atoms with E-state index in [-0.39, 0.29) is 11.3 Å². The van der Waals surface area contributed by atoms with Crippen LogP contribution in [-0.4, -0.2) is 44.4 Å². The number of halogens is 2. The van der Waals surface area contributed by atoms with E-state index in [1.54, 1.807) is 4.90 Å². The Morgan fingerprint density at radius 1 is 1.27 bits per heavy atom. The van der Waals surface area contributed by atoms with E-state index in [1.165, 1.54) is 0 Å². The van der Waals surface area contributed by atoms with Gasteiger partial charge in [0.1, 0.15) is 16.5 Å². The normalized spacial score (nSPS) is 18.0. The van der Waals surface area contributed by atoms with Gasteiger partial charge in [-0.25, -0.2) is 21.9 Å². The lowest BCUT2D eigenvalue weighted by Crippen LogP contribution is -2.54. The maximum atomic E-state index is 13.7. The zero-order chi connectivity index (χ0) is 19.7. The fourth-order valence-corrected chi connectivity index (χ4v) is 4.13. The van der Waals surface area contributed by atoms with Gasteiger partial charge in [0.25, 0.3) is 0 Å². The van der Waals surface area contributed by atoms with Gasteiger partial charge in [-0.1, -0.05) is 20.8 Å². The maximum absolute atomic E-state index is 13.7. The van der Waals surface area contributed by atoms with Gasteiger partial charge in [-0.15, -0.1) is 0 Å². The van der Waals surface area contributed by atoms with Crippen molar-refractivity contribution in [3.63, 3.8) is 0 Å². The molecule has 0 radical (unpaired) electrons. The molecule has 0 aliphatic carbocycles. The monoisotopic (exact) mass is 389 g/mol. The van der Waals surface area contributed by atoms with E-state index in [4.69, 9.17) is 5.73 Å². The number of hydrogen-bond donors (Lipinski definition) is 2. The molecule has 1 aromatic carbocycles. The Morgan fingerprint density at radius 2 is 1.85 bits per heavy atom. The summed E-state index contributed by atoms with van der Waals surface area (Å²) in [6, 6.07) is 1.26. The molecule has 0 bridgehead atoms. The summed E-state index contributed by atoms with van der Waals surface area (Å²) < 4.78 is 53.8. The molecule has 3 N–H and O–H groups in total. The van der Waals surface area contributed by atoms with E-state index in [9.17, 15) is 22.0 Å². The first-order valence-corrected chi connectivity index (χ1v) is 9.92. The third-order valence-corrected chi connectivity index (χ3v) is 6.06. The second kappa shape index (κ2) is 7.58. The van der Waals surface area contributed by atoms with Gasteiger partial charge in [-0.2, -0.15) is 0 Å². The second-order valence-electron chi connectivity index (χ2n) is 7.64.